The van der Waals surface area contributed by atoms with E-state index in [1.54, 1.807) is 29.3 Å². The fraction of sp³-hybridized carbons (Fsp3) is 0.143. The smallest absolute Gasteiger partial charge is 0.173 e. The van der Waals surface area contributed by atoms with Gasteiger partial charge in [0, 0.05) is 19.4 Å². The Morgan fingerprint density at radius 1 is 1.58 bits per heavy atom. The van der Waals surface area contributed by atoms with Crippen LogP contribution in [0, 0.1) is 0 Å². The lowest BCUT2D eigenvalue weighted by Crippen LogP contribution is -1.86. The van der Waals surface area contributed by atoms with Gasteiger partial charge in [-0.1, -0.05) is 0 Å². The van der Waals surface area contributed by atoms with Crippen molar-refractivity contribution in [3.8, 4) is 0 Å². The highest BCUT2D eigenvalue weighted by Gasteiger charge is 2.02. The molecule has 12 heavy (non-hydrogen) atoms. The summed E-state index contributed by atoms with van der Waals surface area (Å²) >= 11 is 3.26. The van der Waals surface area contributed by atoms with Gasteiger partial charge in [-0.15, -0.1) is 11.3 Å². The minimum absolute atomic E-state index is 0.999. The van der Waals surface area contributed by atoms with Crippen LogP contribution in [0.3, 0.4) is 0 Å². The summed E-state index contributed by atoms with van der Waals surface area (Å²) in [6.45, 7) is 0. The summed E-state index contributed by atoms with van der Waals surface area (Å²) < 4.78 is 3.16. The fourth-order valence-corrected chi connectivity index (χ4v) is 2.30. The molecule has 0 radical (unpaired) electrons. The maximum atomic E-state index is 4.20. The number of imidazole rings is 1. The Morgan fingerprint density at radius 2 is 2.50 bits per heavy atom. The van der Waals surface area contributed by atoms with Crippen molar-refractivity contribution in [2.75, 3.05) is 0 Å². The van der Waals surface area contributed by atoms with Crippen LogP contribution in [-0.2, 0) is 7.05 Å². The van der Waals surface area contributed by atoms with Crippen LogP contribution in [0.15, 0.2) is 33.5 Å². The highest BCUT2D eigenvalue weighted by Crippen LogP contribution is 2.28. The first kappa shape index (κ1) is 7.82. The van der Waals surface area contributed by atoms with E-state index in [-0.39, 0.29) is 0 Å². The van der Waals surface area contributed by atoms with E-state index in [0.29, 0.717) is 0 Å². The Bertz CT molecular complexity index is 352. The maximum Gasteiger partial charge on any atom is 0.173 e. The van der Waals surface area contributed by atoms with Gasteiger partial charge < -0.3 is 4.57 Å². The Kier molecular flexibility index (Phi) is 2.14. The minimum Gasteiger partial charge on any atom is -0.329 e. The maximum absolute atomic E-state index is 4.20. The lowest BCUT2D eigenvalue weighted by molar-refractivity contribution is 0.790. The molecule has 62 valence electrons. The third-order valence-electron chi connectivity index (χ3n) is 1.38. The van der Waals surface area contributed by atoms with E-state index in [0.717, 1.165) is 5.16 Å². The Hall–Kier alpha value is -0.810. The summed E-state index contributed by atoms with van der Waals surface area (Å²) in [6, 6.07) is 0. The molecule has 0 aliphatic heterocycles. The summed E-state index contributed by atoms with van der Waals surface area (Å²) in [5, 5.41) is 0.999. The molecule has 0 spiro atoms. The van der Waals surface area contributed by atoms with Crippen LogP contribution in [0.2, 0.25) is 0 Å². The number of aryl methyl sites for hydroxylation is 1. The molecule has 0 fully saturated rings. The first-order valence-electron chi connectivity index (χ1n) is 3.40. The molecule has 0 aliphatic carbocycles. The van der Waals surface area contributed by atoms with Gasteiger partial charge in [0.05, 0.1) is 15.9 Å². The zero-order valence-corrected chi connectivity index (χ0v) is 8.10. The van der Waals surface area contributed by atoms with Gasteiger partial charge in [-0.3, -0.25) is 4.98 Å². The summed E-state index contributed by atoms with van der Waals surface area (Å²) in [5.41, 5.74) is 1.82. The van der Waals surface area contributed by atoms with Crippen LogP contribution in [-0.4, -0.2) is 14.5 Å². The number of rotatable bonds is 2. The number of hydrogen-bond donors (Lipinski definition) is 0. The molecule has 0 unspecified atom stereocenters. The minimum atomic E-state index is 0.999. The highest BCUT2D eigenvalue weighted by atomic mass is 32.2. The van der Waals surface area contributed by atoms with Crippen molar-refractivity contribution in [2.45, 2.75) is 9.37 Å². The van der Waals surface area contributed by atoms with Crippen molar-refractivity contribution < 1.29 is 0 Å². The number of aromatic nitrogens is 3. The molecular weight excluding hydrogens is 190 g/mol. The predicted octanol–water partition coefficient (Wildman–Crippen LogP) is 2.03. The molecular formula is C7H7N3S2. The Morgan fingerprint density at radius 3 is 3.08 bits per heavy atom. The van der Waals surface area contributed by atoms with Crippen molar-refractivity contribution in [1.82, 2.24) is 14.5 Å². The largest absolute Gasteiger partial charge is 0.329 e. The van der Waals surface area contributed by atoms with Crippen molar-refractivity contribution in [3.05, 3.63) is 24.1 Å². The molecule has 0 saturated heterocycles. The molecule has 0 amide bonds. The van der Waals surface area contributed by atoms with Gasteiger partial charge in [0.2, 0.25) is 0 Å². The standard InChI is InChI=1S/C7H7N3S2/c1-10-3-2-9-7(10)12-6-4-8-5-11-6/h2-5H,1H3. The van der Waals surface area contributed by atoms with Crippen LogP contribution < -0.4 is 0 Å². The third kappa shape index (κ3) is 1.51. The van der Waals surface area contributed by atoms with E-state index in [1.807, 2.05) is 29.5 Å². The second kappa shape index (κ2) is 3.28. The van der Waals surface area contributed by atoms with Crippen molar-refractivity contribution >= 4 is 23.1 Å². The summed E-state index contributed by atoms with van der Waals surface area (Å²) in [7, 11) is 1.98. The van der Waals surface area contributed by atoms with Crippen molar-refractivity contribution in [3.63, 3.8) is 0 Å². The van der Waals surface area contributed by atoms with E-state index in [2.05, 4.69) is 9.97 Å². The topological polar surface area (TPSA) is 30.7 Å². The van der Waals surface area contributed by atoms with Gasteiger partial charge in [-0.05, 0) is 11.8 Å². The van der Waals surface area contributed by atoms with Gasteiger partial charge in [-0.25, -0.2) is 4.98 Å². The second-order valence-corrected chi connectivity index (χ2v) is 4.40. The zero-order valence-electron chi connectivity index (χ0n) is 6.47. The number of nitrogens with zero attached hydrogens (tertiary/aromatic N) is 3. The third-order valence-corrected chi connectivity index (χ3v) is 3.36. The van der Waals surface area contributed by atoms with Crippen LogP contribution in [0.25, 0.3) is 0 Å². The molecule has 0 aromatic carbocycles. The molecule has 0 aliphatic rings. The molecule has 2 heterocycles. The monoisotopic (exact) mass is 197 g/mol. The van der Waals surface area contributed by atoms with Gasteiger partial charge in [0.1, 0.15) is 0 Å². The average molecular weight is 197 g/mol. The van der Waals surface area contributed by atoms with E-state index in [9.17, 15) is 0 Å². The first-order valence-corrected chi connectivity index (χ1v) is 5.09. The number of thiazole rings is 1. The highest BCUT2D eigenvalue weighted by molar-refractivity contribution is 8.01. The molecule has 0 saturated carbocycles. The Balaban J connectivity index is 2.20. The van der Waals surface area contributed by atoms with Gasteiger partial charge in [0.15, 0.2) is 5.16 Å². The molecule has 0 N–H and O–H groups in total. The van der Waals surface area contributed by atoms with E-state index < -0.39 is 0 Å². The van der Waals surface area contributed by atoms with Crippen LogP contribution in [0.1, 0.15) is 0 Å². The normalized spacial score (nSPS) is 10.4. The Labute approximate surface area is 78.5 Å². The predicted molar refractivity (Wildman–Crippen MR) is 49.4 cm³/mol. The van der Waals surface area contributed by atoms with Crippen LogP contribution in [0.5, 0.6) is 0 Å². The second-order valence-electron chi connectivity index (χ2n) is 2.24. The summed E-state index contributed by atoms with van der Waals surface area (Å²) in [6.07, 6.45) is 5.58. The van der Waals surface area contributed by atoms with Crippen LogP contribution in [0.4, 0.5) is 0 Å². The average Bonchev–Trinajstić information content (AvgIpc) is 2.65. The molecule has 2 aromatic rings. The van der Waals surface area contributed by atoms with Gasteiger partial charge >= 0.3 is 0 Å². The van der Waals surface area contributed by atoms with Crippen LogP contribution >= 0.6 is 23.1 Å². The lowest BCUT2D eigenvalue weighted by Gasteiger charge is -1.96. The molecule has 0 bridgehead atoms. The SMILES string of the molecule is Cn1ccnc1Sc1cncs1. The van der Waals surface area contributed by atoms with Gasteiger partial charge in [-0.2, -0.15) is 0 Å². The zero-order chi connectivity index (χ0) is 8.39. The molecule has 5 heteroatoms. The van der Waals surface area contributed by atoms with Gasteiger partial charge in [0.25, 0.3) is 0 Å². The summed E-state index contributed by atoms with van der Waals surface area (Å²) in [5.74, 6) is 0. The first-order chi connectivity index (χ1) is 5.86. The van der Waals surface area contributed by atoms with Crippen molar-refractivity contribution in [2.24, 2.45) is 7.05 Å². The molecule has 0 atom stereocenters. The van der Waals surface area contributed by atoms with E-state index in [1.165, 1.54) is 4.21 Å². The lowest BCUT2D eigenvalue weighted by atomic mass is 10.9. The van der Waals surface area contributed by atoms with E-state index in [4.69, 9.17) is 0 Å². The number of hydrogen-bond acceptors (Lipinski definition) is 4. The molecule has 3 nitrogen and oxygen atoms in total. The van der Waals surface area contributed by atoms with Crippen molar-refractivity contribution in [1.29, 1.82) is 0 Å². The fourth-order valence-electron chi connectivity index (χ4n) is 0.795. The molecule has 2 aromatic heterocycles. The van der Waals surface area contributed by atoms with E-state index >= 15 is 0 Å². The quantitative estimate of drug-likeness (QED) is 0.738. The summed E-state index contributed by atoms with van der Waals surface area (Å²) in [4.78, 5) is 8.19. The molecule has 2 rings (SSSR count).